The van der Waals surface area contributed by atoms with Gasteiger partial charge in [-0.1, -0.05) is 54.6 Å². The third-order valence-corrected chi connectivity index (χ3v) is 7.23. The van der Waals surface area contributed by atoms with Crippen LogP contribution in [0.5, 0.6) is 11.5 Å². The summed E-state index contributed by atoms with van der Waals surface area (Å²) in [6.07, 6.45) is 1.71. The minimum Gasteiger partial charge on any atom is -0.493 e. The van der Waals surface area contributed by atoms with E-state index in [-0.39, 0.29) is 11.1 Å². The largest absolute Gasteiger partial charge is 0.493 e. The van der Waals surface area contributed by atoms with Crippen molar-refractivity contribution in [1.29, 1.82) is 0 Å². The molecule has 1 heterocycles. The Hall–Kier alpha value is -3.30. The predicted molar refractivity (Wildman–Crippen MR) is 149 cm³/mol. The van der Waals surface area contributed by atoms with Crippen molar-refractivity contribution in [2.24, 2.45) is 0 Å². The van der Waals surface area contributed by atoms with Crippen LogP contribution >= 0.6 is 34.4 Å². The molecule has 0 saturated carbocycles. The Bertz CT molecular complexity index is 1470. The molecule has 174 valence electrons. The molecule has 1 saturated heterocycles. The SMILES string of the molecule is COc1cc(/C=C2\SC(=O)N(c3ccccc3)C2=O)cc(I)c1OCc1ccc2ccccc2c1. The number of fused-ring (bicyclic) bond motifs is 1. The highest BCUT2D eigenvalue weighted by Gasteiger charge is 2.36. The van der Waals surface area contributed by atoms with Crippen LogP contribution in [0.15, 0.2) is 89.8 Å². The van der Waals surface area contributed by atoms with E-state index in [1.165, 1.54) is 10.3 Å². The molecule has 0 bridgehead atoms. The molecular weight excluding hydrogens is 573 g/mol. The van der Waals surface area contributed by atoms with Crippen LogP contribution in [-0.2, 0) is 11.4 Å². The number of anilines is 1. The number of amides is 2. The number of carbonyl (C=O) groups excluding carboxylic acids is 2. The fourth-order valence-electron chi connectivity index (χ4n) is 3.87. The van der Waals surface area contributed by atoms with Gasteiger partial charge < -0.3 is 9.47 Å². The summed E-state index contributed by atoms with van der Waals surface area (Å²) < 4.78 is 12.6. The van der Waals surface area contributed by atoms with Gasteiger partial charge >= 0.3 is 0 Å². The number of thioether (sulfide) groups is 1. The first-order valence-corrected chi connectivity index (χ1v) is 12.7. The van der Waals surface area contributed by atoms with Gasteiger partial charge in [-0.2, -0.15) is 0 Å². The fraction of sp³-hybridized carbons (Fsp3) is 0.0714. The molecule has 1 fully saturated rings. The van der Waals surface area contributed by atoms with Crippen LogP contribution in [0.4, 0.5) is 10.5 Å². The lowest BCUT2D eigenvalue weighted by Crippen LogP contribution is -2.27. The minimum atomic E-state index is -0.336. The molecule has 5 rings (SSSR count). The van der Waals surface area contributed by atoms with Gasteiger partial charge in [0.25, 0.3) is 11.1 Å². The van der Waals surface area contributed by atoms with E-state index in [0.717, 1.165) is 31.8 Å². The summed E-state index contributed by atoms with van der Waals surface area (Å²) in [5.74, 6) is 0.860. The van der Waals surface area contributed by atoms with E-state index in [4.69, 9.17) is 9.47 Å². The Morgan fingerprint density at radius 1 is 0.914 bits per heavy atom. The van der Waals surface area contributed by atoms with Crippen LogP contribution in [0.25, 0.3) is 16.8 Å². The molecule has 0 unspecified atom stereocenters. The highest BCUT2D eigenvalue weighted by Crippen LogP contribution is 2.39. The monoisotopic (exact) mass is 593 g/mol. The summed E-state index contributed by atoms with van der Waals surface area (Å²) in [6, 6.07) is 27.1. The number of nitrogens with zero attached hydrogens (tertiary/aromatic N) is 1. The molecule has 0 N–H and O–H groups in total. The molecule has 0 aliphatic carbocycles. The van der Waals surface area contributed by atoms with Crippen molar-refractivity contribution in [3.8, 4) is 11.5 Å². The number of hydrogen-bond donors (Lipinski definition) is 0. The molecule has 0 radical (unpaired) electrons. The maximum Gasteiger partial charge on any atom is 0.298 e. The van der Waals surface area contributed by atoms with Gasteiger partial charge in [-0.05, 0) is 92.7 Å². The molecule has 0 atom stereocenters. The zero-order valence-corrected chi connectivity index (χ0v) is 21.7. The lowest BCUT2D eigenvalue weighted by molar-refractivity contribution is -0.113. The molecule has 1 aliphatic rings. The smallest absolute Gasteiger partial charge is 0.298 e. The van der Waals surface area contributed by atoms with Crippen LogP contribution in [0.2, 0.25) is 0 Å². The number of benzene rings is 4. The van der Waals surface area contributed by atoms with Gasteiger partial charge in [0.05, 0.1) is 21.3 Å². The highest BCUT2D eigenvalue weighted by molar-refractivity contribution is 14.1. The number of hydrogen-bond acceptors (Lipinski definition) is 5. The van der Waals surface area contributed by atoms with Crippen molar-refractivity contribution in [1.82, 2.24) is 0 Å². The van der Waals surface area contributed by atoms with E-state index in [1.807, 2.05) is 30.3 Å². The first-order chi connectivity index (χ1) is 17.0. The Morgan fingerprint density at radius 3 is 2.43 bits per heavy atom. The summed E-state index contributed by atoms with van der Waals surface area (Å²) >= 11 is 3.13. The first-order valence-electron chi connectivity index (χ1n) is 10.8. The van der Waals surface area contributed by atoms with Crippen LogP contribution in [0.3, 0.4) is 0 Å². The molecule has 4 aromatic carbocycles. The van der Waals surface area contributed by atoms with E-state index in [0.29, 0.717) is 28.7 Å². The summed E-state index contributed by atoms with van der Waals surface area (Å²) in [6.45, 7) is 0.395. The van der Waals surface area contributed by atoms with E-state index < -0.39 is 0 Å². The lowest BCUT2D eigenvalue weighted by Gasteiger charge is -2.14. The maximum atomic E-state index is 12.9. The lowest BCUT2D eigenvalue weighted by atomic mass is 10.1. The zero-order chi connectivity index (χ0) is 24.4. The van der Waals surface area contributed by atoms with Gasteiger partial charge in [0.2, 0.25) is 0 Å². The van der Waals surface area contributed by atoms with Crippen LogP contribution < -0.4 is 14.4 Å². The molecule has 2 amide bonds. The molecule has 5 nitrogen and oxygen atoms in total. The third-order valence-electron chi connectivity index (χ3n) is 5.55. The zero-order valence-electron chi connectivity index (χ0n) is 18.7. The van der Waals surface area contributed by atoms with Gasteiger partial charge in [-0.25, -0.2) is 4.90 Å². The van der Waals surface area contributed by atoms with Crippen molar-refractivity contribution >= 4 is 68.0 Å². The average molecular weight is 593 g/mol. The number of methoxy groups -OCH3 is 1. The highest BCUT2D eigenvalue weighted by atomic mass is 127. The van der Waals surface area contributed by atoms with Crippen molar-refractivity contribution in [2.75, 3.05) is 12.0 Å². The molecule has 7 heteroatoms. The second-order valence-electron chi connectivity index (χ2n) is 7.86. The van der Waals surface area contributed by atoms with Crippen LogP contribution in [0.1, 0.15) is 11.1 Å². The average Bonchev–Trinajstić information content (AvgIpc) is 3.15. The van der Waals surface area contributed by atoms with Crippen molar-refractivity contribution in [2.45, 2.75) is 6.61 Å². The van der Waals surface area contributed by atoms with E-state index in [9.17, 15) is 9.59 Å². The molecule has 1 aliphatic heterocycles. The number of halogens is 1. The van der Waals surface area contributed by atoms with Gasteiger partial charge in [-0.3, -0.25) is 9.59 Å². The Labute approximate surface area is 220 Å². The van der Waals surface area contributed by atoms with Gasteiger partial charge in [0, 0.05) is 0 Å². The van der Waals surface area contributed by atoms with Gasteiger partial charge in [-0.15, -0.1) is 0 Å². The first kappa shape index (κ1) is 23.4. The number of rotatable bonds is 6. The Balaban J connectivity index is 1.38. The summed E-state index contributed by atoms with van der Waals surface area (Å²) in [5.41, 5.74) is 2.37. The minimum absolute atomic E-state index is 0.315. The summed E-state index contributed by atoms with van der Waals surface area (Å²) in [5, 5.41) is 2.03. The molecular formula is C28H20INO4S. The molecule has 4 aromatic rings. The van der Waals surface area contributed by atoms with Crippen molar-refractivity contribution < 1.29 is 19.1 Å². The Morgan fingerprint density at radius 2 is 1.66 bits per heavy atom. The Kier molecular flexibility index (Phi) is 6.79. The van der Waals surface area contributed by atoms with E-state index in [1.54, 1.807) is 37.5 Å². The topological polar surface area (TPSA) is 55.8 Å². The quantitative estimate of drug-likeness (QED) is 0.174. The third kappa shape index (κ3) is 4.92. The normalized spacial score (nSPS) is 14.7. The van der Waals surface area contributed by atoms with Crippen molar-refractivity contribution in [3.05, 3.63) is 105 Å². The fourth-order valence-corrected chi connectivity index (χ4v) is 5.49. The van der Waals surface area contributed by atoms with Crippen LogP contribution in [0, 0.1) is 3.57 Å². The number of ether oxygens (including phenoxy) is 2. The molecule has 0 spiro atoms. The number of imide groups is 1. The van der Waals surface area contributed by atoms with E-state index >= 15 is 0 Å². The number of para-hydroxylation sites is 1. The summed E-state index contributed by atoms with van der Waals surface area (Å²) in [7, 11) is 1.58. The van der Waals surface area contributed by atoms with E-state index in [2.05, 4.69) is 52.9 Å². The predicted octanol–water partition coefficient (Wildman–Crippen LogP) is 7.27. The van der Waals surface area contributed by atoms with Crippen LogP contribution in [-0.4, -0.2) is 18.3 Å². The molecule has 35 heavy (non-hydrogen) atoms. The molecule has 0 aromatic heterocycles. The second kappa shape index (κ2) is 10.1. The summed E-state index contributed by atoms with van der Waals surface area (Å²) in [4.78, 5) is 27.0. The standard InChI is InChI=1S/C28H20INO4S/c1-33-24-15-19(16-25-27(31)30(28(32)35-25)22-9-3-2-4-10-22)14-23(29)26(24)34-17-18-11-12-20-7-5-6-8-21(20)13-18/h2-16H,17H2,1H3/b25-16-. The van der Waals surface area contributed by atoms with Gasteiger partial charge in [0.15, 0.2) is 11.5 Å². The second-order valence-corrected chi connectivity index (χ2v) is 10.0. The maximum absolute atomic E-state index is 12.9. The van der Waals surface area contributed by atoms with Crippen molar-refractivity contribution in [3.63, 3.8) is 0 Å². The number of carbonyl (C=O) groups is 2. The van der Waals surface area contributed by atoms with Gasteiger partial charge in [0.1, 0.15) is 6.61 Å².